The maximum Gasteiger partial charge on any atom is 0.207 e. The highest BCUT2D eigenvalue weighted by Crippen LogP contribution is 2.39. The van der Waals surface area contributed by atoms with Gasteiger partial charge >= 0.3 is 0 Å². The third-order valence-corrected chi connectivity index (χ3v) is 6.06. The van der Waals surface area contributed by atoms with E-state index in [0.29, 0.717) is 12.4 Å². The van der Waals surface area contributed by atoms with Gasteiger partial charge in [-0.25, -0.2) is 9.37 Å². The second-order valence-electron chi connectivity index (χ2n) is 8.54. The zero-order valence-electron chi connectivity index (χ0n) is 18.2. The second-order valence-corrected chi connectivity index (χ2v) is 8.54. The third-order valence-electron chi connectivity index (χ3n) is 6.06. The van der Waals surface area contributed by atoms with Crippen molar-refractivity contribution in [3.63, 3.8) is 0 Å². The zero-order valence-corrected chi connectivity index (χ0v) is 18.2. The highest BCUT2D eigenvalue weighted by Gasteiger charge is 2.25. The van der Waals surface area contributed by atoms with Crippen molar-refractivity contribution in [3.05, 3.63) is 53.5 Å². The minimum absolute atomic E-state index is 0.262. The summed E-state index contributed by atoms with van der Waals surface area (Å²) in [5.74, 6) is 0.710. The van der Waals surface area contributed by atoms with Crippen LogP contribution >= 0.6 is 0 Å². The van der Waals surface area contributed by atoms with Crippen LogP contribution in [-0.2, 0) is 20.0 Å². The normalized spacial score (nSPS) is 15.5. The minimum atomic E-state index is -0.346. The van der Waals surface area contributed by atoms with E-state index in [1.54, 1.807) is 0 Å². The summed E-state index contributed by atoms with van der Waals surface area (Å²) in [7, 11) is 1.94. The molecular formula is C24H28FN5O. The van der Waals surface area contributed by atoms with E-state index >= 15 is 0 Å². The molecule has 3 heterocycles. The number of aryl methyl sites for hydroxylation is 1. The van der Waals surface area contributed by atoms with Crippen LogP contribution < -0.4 is 20.3 Å². The molecule has 2 aliphatic heterocycles. The van der Waals surface area contributed by atoms with E-state index in [-0.39, 0.29) is 11.9 Å². The Kier molecular flexibility index (Phi) is 5.06. The van der Waals surface area contributed by atoms with Crippen molar-refractivity contribution in [2.45, 2.75) is 32.9 Å². The number of halogens is 1. The molecular weight excluding hydrogens is 393 g/mol. The number of imidazole rings is 1. The summed E-state index contributed by atoms with van der Waals surface area (Å²) in [6.07, 6.45) is 2.95. The van der Waals surface area contributed by atoms with Gasteiger partial charge in [0.15, 0.2) is 11.6 Å². The fraction of sp³-hybridized carbons (Fsp3) is 0.375. The van der Waals surface area contributed by atoms with E-state index in [4.69, 9.17) is 9.72 Å². The predicted molar refractivity (Wildman–Crippen MR) is 122 cm³/mol. The number of ether oxygens (including phenoxy) is 1. The van der Waals surface area contributed by atoms with Crippen LogP contribution in [0.2, 0.25) is 0 Å². The van der Waals surface area contributed by atoms with E-state index in [0.717, 1.165) is 54.6 Å². The van der Waals surface area contributed by atoms with Gasteiger partial charge < -0.3 is 24.8 Å². The molecule has 0 bridgehead atoms. The molecule has 0 aliphatic carbocycles. The Hall–Kier alpha value is -3.06. The molecule has 0 unspecified atom stereocenters. The first-order valence-electron chi connectivity index (χ1n) is 10.9. The quantitative estimate of drug-likeness (QED) is 0.661. The SMILES string of the molecule is CC(C)N1CCOc2c(F)cc(-c3cn(C)c(Nc4ccc5c(c4)CCNC5)n3)cc21. The van der Waals surface area contributed by atoms with Crippen molar-refractivity contribution >= 4 is 17.3 Å². The Morgan fingerprint density at radius 3 is 2.90 bits per heavy atom. The third kappa shape index (κ3) is 3.74. The van der Waals surface area contributed by atoms with Crippen molar-refractivity contribution in [1.82, 2.24) is 14.9 Å². The van der Waals surface area contributed by atoms with Crippen LogP contribution in [0.4, 0.5) is 21.7 Å². The Balaban J connectivity index is 1.46. The lowest BCUT2D eigenvalue weighted by Gasteiger charge is -2.34. The summed E-state index contributed by atoms with van der Waals surface area (Å²) >= 11 is 0. The standard InChI is InChI=1S/C24H28FN5O/c1-15(2)30-8-9-31-23-20(25)11-18(12-22(23)30)21-14-29(3)24(28-21)27-19-5-4-17-13-26-7-6-16(17)10-19/h4-5,10-12,14-15,26H,6-9,13H2,1-3H3,(H,27,28). The van der Waals surface area contributed by atoms with Gasteiger partial charge in [0, 0.05) is 37.1 Å². The fourth-order valence-corrected chi connectivity index (χ4v) is 4.39. The van der Waals surface area contributed by atoms with E-state index in [1.807, 2.05) is 23.9 Å². The highest BCUT2D eigenvalue weighted by atomic mass is 19.1. The zero-order chi connectivity index (χ0) is 21.5. The average molecular weight is 422 g/mol. The lowest BCUT2D eigenvalue weighted by Crippen LogP contribution is -2.38. The van der Waals surface area contributed by atoms with E-state index in [2.05, 4.69) is 47.6 Å². The van der Waals surface area contributed by atoms with Crippen molar-refractivity contribution in [2.24, 2.45) is 7.05 Å². The van der Waals surface area contributed by atoms with Crippen LogP contribution in [-0.4, -0.2) is 35.3 Å². The molecule has 162 valence electrons. The van der Waals surface area contributed by atoms with Gasteiger partial charge in [-0.3, -0.25) is 0 Å². The first-order valence-corrected chi connectivity index (χ1v) is 10.9. The fourth-order valence-electron chi connectivity index (χ4n) is 4.39. The first kappa shape index (κ1) is 19.9. The highest BCUT2D eigenvalue weighted by molar-refractivity contribution is 5.73. The molecule has 7 heteroatoms. The van der Waals surface area contributed by atoms with Gasteiger partial charge in [0.1, 0.15) is 6.61 Å². The molecule has 0 amide bonds. The molecule has 3 aromatic rings. The second kappa shape index (κ2) is 7.89. The van der Waals surface area contributed by atoms with Crippen LogP contribution in [0, 0.1) is 5.82 Å². The molecule has 0 spiro atoms. The molecule has 0 fully saturated rings. The summed E-state index contributed by atoms with van der Waals surface area (Å²) in [6.45, 7) is 7.38. The molecule has 1 aromatic heterocycles. The maximum atomic E-state index is 14.9. The molecule has 0 radical (unpaired) electrons. The molecule has 2 aliphatic rings. The Bertz CT molecular complexity index is 1120. The lowest BCUT2D eigenvalue weighted by atomic mass is 10.0. The Morgan fingerprint density at radius 2 is 2.06 bits per heavy atom. The van der Waals surface area contributed by atoms with Gasteiger partial charge in [-0.15, -0.1) is 0 Å². The number of nitrogens with zero attached hydrogens (tertiary/aromatic N) is 3. The number of hydrogen-bond acceptors (Lipinski definition) is 5. The number of aromatic nitrogens is 2. The first-order chi connectivity index (χ1) is 15.0. The van der Waals surface area contributed by atoms with Crippen molar-refractivity contribution in [3.8, 4) is 17.0 Å². The van der Waals surface area contributed by atoms with Gasteiger partial charge in [-0.2, -0.15) is 0 Å². The van der Waals surface area contributed by atoms with E-state index in [9.17, 15) is 4.39 Å². The van der Waals surface area contributed by atoms with Gasteiger partial charge in [0.2, 0.25) is 5.95 Å². The number of benzene rings is 2. The summed E-state index contributed by atoms with van der Waals surface area (Å²) in [5, 5.41) is 6.82. The van der Waals surface area contributed by atoms with Crippen LogP contribution in [0.3, 0.4) is 0 Å². The van der Waals surface area contributed by atoms with Gasteiger partial charge in [0.25, 0.3) is 0 Å². The average Bonchev–Trinajstić information content (AvgIpc) is 3.13. The van der Waals surface area contributed by atoms with Crippen molar-refractivity contribution in [2.75, 3.05) is 29.9 Å². The monoisotopic (exact) mass is 421 g/mol. The Labute approximate surface area is 182 Å². The topological polar surface area (TPSA) is 54.4 Å². The molecule has 6 nitrogen and oxygen atoms in total. The lowest BCUT2D eigenvalue weighted by molar-refractivity contribution is 0.287. The van der Waals surface area contributed by atoms with Crippen LogP contribution in [0.1, 0.15) is 25.0 Å². The van der Waals surface area contributed by atoms with Crippen molar-refractivity contribution < 1.29 is 9.13 Å². The molecule has 0 saturated heterocycles. The van der Waals surface area contributed by atoms with Crippen LogP contribution in [0.5, 0.6) is 5.75 Å². The van der Waals surface area contributed by atoms with E-state index in [1.165, 1.54) is 17.2 Å². The molecule has 31 heavy (non-hydrogen) atoms. The van der Waals surface area contributed by atoms with Gasteiger partial charge in [-0.1, -0.05) is 6.07 Å². The maximum absolute atomic E-state index is 14.9. The Morgan fingerprint density at radius 1 is 1.19 bits per heavy atom. The summed E-state index contributed by atoms with van der Waals surface area (Å²) in [6, 6.07) is 10.2. The molecule has 0 saturated carbocycles. The number of anilines is 3. The predicted octanol–water partition coefficient (Wildman–Crippen LogP) is 4.22. The van der Waals surface area contributed by atoms with Crippen LogP contribution in [0.15, 0.2) is 36.5 Å². The summed E-state index contributed by atoms with van der Waals surface area (Å²) < 4.78 is 22.4. The van der Waals surface area contributed by atoms with Crippen LogP contribution in [0.25, 0.3) is 11.3 Å². The molecule has 0 atom stereocenters. The van der Waals surface area contributed by atoms with E-state index < -0.39 is 0 Å². The molecule has 2 N–H and O–H groups in total. The number of fused-ring (bicyclic) bond motifs is 2. The van der Waals surface area contributed by atoms with Gasteiger partial charge in [-0.05, 0) is 62.2 Å². The largest absolute Gasteiger partial charge is 0.486 e. The smallest absolute Gasteiger partial charge is 0.207 e. The number of nitrogens with one attached hydrogen (secondary N) is 2. The summed E-state index contributed by atoms with van der Waals surface area (Å²) in [5.41, 5.74) is 5.98. The molecule has 2 aromatic carbocycles. The molecule has 5 rings (SSSR count). The van der Waals surface area contributed by atoms with Crippen molar-refractivity contribution in [1.29, 1.82) is 0 Å². The number of hydrogen-bond donors (Lipinski definition) is 2. The van der Waals surface area contributed by atoms with Gasteiger partial charge in [0.05, 0.1) is 17.9 Å². The minimum Gasteiger partial charge on any atom is -0.486 e. The summed E-state index contributed by atoms with van der Waals surface area (Å²) in [4.78, 5) is 6.94. The number of rotatable bonds is 4.